The molecule has 1 aromatic carbocycles. The molecule has 0 heterocycles. The smallest absolute Gasteiger partial charge is 0.336 e. The lowest BCUT2D eigenvalue weighted by atomic mass is 10.0. The second-order valence-corrected chi connectivity index (χ2v) is 2.89. The maximum absolute atomic E-state index is 12.4. The van der Waals surface area contributed by atoms with Crippen molar-refractivity contribution in [3.63, 3.8) is 0 Å². The molecule has 14 heavy (non-hydrogen) atoms. The van der Waals surface area contributed by atoms with Gasteiger partial charge in [-0.3, -0.25) is 0 Å². The number of hydrogen-bond donors (Lipinski definition) is 2. The largest absolute Gasteiger partial charge is 0.478 e. The number of halogens is 2. The SMILES string of the molecule is Cc1c(C(=O)O)cc(N)cc1C(F)F. The van der Waals surface area contributed by atoms with Crippen LogP contribution in [0.2, 0.25) is 0 Å². The fourth-order valence-corrected chi connectivity index (χ4v) is 1.21. The molecule has 0 fully saturated rings. The maximum atomic E-state index is 12.4. The molecule has 0 aliphatic heterocycles. The van der Waals surface area contributed by atoms with Crippen LogP contribution in [0.25, 0.3) is 0 Å². The molecule has 0 saturated heterocycles. The van der Waals surface area contributed by atoms with E-state index in [0.29, 0.717) is 0 Å². The molecule has 0 aliphatic carbocycles. The molecule has 5 heteroatoms. The molecule has 3 N–H and O–H groups in total. The lowest BCUT2D eigenvalue weighted by Crippen LogP contribution is -2.05. The molecule has 0 bridgehead atoms. The van der Waals surface area contributed by atoms with Crippen molar-refractivity contribution >= 4 is 11.7 Å². The van der Waals surface area contributed by atoms with Gasteiger partial charge in [0.15, 0.2) is 0 Å². The summed E-state index contributed by atoms with van der Waals surface area (Å²) in [7, 11) is 0. The molecule has 0 radical (unpaired) electrons. The van der Waals surface area contributed by atoms with Crippen LogP contribution in [0.15, 0.2) is 12.1 Å². The molecule has 0 spiro atoms. The molecular weight excluding hydrogens is 192 g/mol. The molecule has 0 aromatic heterocycles. The summed E-state index contributed by atoms with van der Waals surface area (Å²) in [5, 5.41) is 8.70. The lowest BCUT2D eigenvalue weighted by molar-refractivity contribution is 0.0695. The van der Waals surface area contributed by atoms with Gasteiger partial charge in [0.05, 0.1) is 5.56 Å². The van der Waals surface area contributed by atoms with Gasteiger partial charge in [-0.25, -0.2) is 13.6 Å². The monoisotopic (exact) mass is 201 g/mol. The Bertz CT molecular complexity index is 377. The van der Waals surface area contributed by atoms with E-state index in [-0.39, 0.29) is 22.4 Å². The molecule has 1 rings (SSSR count). The number of carboxylic acid groups (broad SMARTS) is 1. The first-order chi connectivity index (χ1) is 6.43. The highest BCUT2D eigenvalue weighted by Crippen LogP contribution is 2.27. The first-order valence-corrected chi connectivity index (χ1v) is 3.85. The van der Waals surface area contributed by atoms with E-state index in [1.54, 1.807) is 0 Å². The fraction of sp³-hybridized carbons (Fsp3) is 0.222. The van der Waals surface area contributed by atoms with Gasteiger partial charge in [0.1, 0.15) is 0 Å². The highest BCUT2D eigenvalue weighted by Gasteiger charge is 2.17. The molecule has 0 saturated carbocycles. The van der Waals surface area contributed by atoms with Gasteiger partial charge in [0, 0.05) is 11.3 Å². The number of nitrogen functional groups attached to an aromatic ring is 1. The molecule has 0 aliphatic rings. The first-order valence-electron chi connectivity index (χ1n) is 3.85. The number of alkyl halides is 2. The maximum Gasteiger partial charge on any atom is 0.336 e. The average molecular weight is 201 g/mol. The number of carboxylic acids is 1. The summed E-state index contributed by atoms with van der Waals surface area (Å²) in [5.41, 5.74) is 4.88. The van der Waals surface area contributed by atoms with Gasteiger partial charge in [-0.05, 0) is 24.6 Å². The number of hydrogen-bond acceptors (Lipinski definition) is 2. The quantitative estimate of drug-likeness (QED) is 0.721. The number of rotatable bonds is 2. The standard InChI is InChI=1S/C9H9F2NO2/c1-4-6(8(10)11)2-5(12)3-7(4)9(13)14/h2-3,8H,12H2,1H3,(H,13,14). The number of aromatic carboxylic acids is 1. The second-order valence-electron chi connectivity index (χ2n) is 2.89. The van der Waals surface area contributed by atoms with Crippen molar-refractivity contribution in [1.82, 2.24) is 0 Å². The summed E-state index contributed by atoms with van der Waals surface area (Å²) in [6.07, 6.45) is -2.71. The number of carbonyl (C=O) groups is 1. The van der Waals surface area contributed by atoms with E-state index in [0.717, 1.165) is 6.07 Å². The van der Waals surface area contributed by atoms with Crippen LogP contribution >= 0.6 is 0 Å². The van der Waals surface area contributed by atoms with Crippen LogP contribution in [0.1, 0.15) is 27.9 Å². The van der Waals surface area contributed by atoms with Gasteiger partial charge in [0.2, 0.25) is 0 Å². The topological polar surface area (TPSA) is 63.3 Å². The summed E-state index contributed by atoms with van der Waals surface area (Å²) < 4.78 is 24.8. The third-order valence-corrected chi connectivity index (χ3v) is 1.94. The molecule has 0 unspecified atom stereocenters. The predicted molar refractivity (Wildman–Crippen MR) is 47.5 cm³/mol. The van der Waals surface area contributed by atoms with Crippen LogP contribution in [-0.2, 0) is 0 Å². The molecular formula is C9H9F2NO2. The number of nitrogens with two attached hydrogens (primary N) is 1. The van der Waals surface area contributed by atoms with Crippen molar-refractivity contribution in [2.45, 2.75) is 13.3 Å². The zero-order chi connectivity index (χ0) is 10.9. The van der Waals surface area contributed by atoms with Gasteiger partial charge < -0.3 is 10.8 Å². The van der Waals surface area contributed by atoms with Crippen molar-refractivity contribution in [2.24, 2.45) is 0 Å². The Hall–Kier alpha value is -1.65. The van der Waals surface area contributed by atoms with Crippen molar-refractivity contribution in [1.29, 1.82) is 0 Å². The second kappa shape index (κ2) is 3.61. The summed E-state index contributed by atoms with van der Waals surface area (Å²) in [6.45, 7) is 1.34. The van der Waals surface area contributed by atoms with Gasteiger partial charge >= 0.3 is 5.97 Å². The molecule has 1 aromatic rings. The summed E-state index contributed by atoms with van der Waals surface area (Å²) in [4.78, 5) is 10.6. The van der Waals surface area contributed by atoms with Crippen LogP contribution in [0.3, 0.4) is 0 Å². The Morgan fingerprint density at radius 2 is 2.07 bits per heavy atom. The fourth-order valence-electron chi connectivity index (χ4n) is 1.21. The Morgan fingerprint density at radius 3 is 2.50 bits per heavy atom. The van der Waals surface area contributed by atoms with Crippen molar-refractivity contribution in [3.8, 4) is 0 Å². The molecule has 3 nitrogen and oxygen atoms in total. The van der Waals surface area contributed by atoms with E-state index in [1.165, 1.54) is 13.0 Å². The third-order valence-electron chi connectivity index (χ3n) is 1.94. The Balaban J connectivity index is 3.40. The summed E-state index contributed by atoms with van der Waals surface area (Å²) in [5.74, 6) is -1.25. The van der Waals surface area contributed by atoms with E-state index in [9.17, 15) is 13.6 Å². The zero-order valence-electron chi connectivity index (χ0n) is 7.42. The van der Waals surface area contributed by atoms with Crippen LogP contribution in [0.4, 0.5) is 14.5 Å². The highest BCUT2D eigenvalue weighted by atomic mass is 19.3. The van der Waals surface area contributed by atoms with E-state index in [1.807, 2.05) is 0 Å². The lowest BCUT2D eigenvalue weighted by Gasteiger charge is -2.09. The van der Waals surface area contributed by atoms with Gasteiger partial charge in [-0.15, -0.1) is 0 Å². The zero-order valence-corrected chi connectivity index (χ0v) is 7.42. The van der Waals surface area contributed by atoms with Crippen molar-refractivity contribution in [2.75, 3.05) is 5.73 Å². The van der Waals surface area contributed by atoms with E-state index >= 15 is 0 Å². The Labute approximate surface area is 79.2 Å². The summed E-state index contributed by atoms with van der Waals surface area (Å²) in [6, 6.07) is 2.26. The molecule has 0 atom stereocenters. The van der Waals surface area contributed by atoms with Crippen molar-refractivity contribution in [3.05, 3.63) is 28.8 Å². The van der Waals surface area contributed by atoms with E-state index in [2.05, 4.69) is 0 Å². The van der Waals surface area contributed by atoms with Crippen LogP contribution in [0.5, 0.6) is 0 Å². The molecule has 0 amide bonds. The van der Waals surface area contributed by atoms with Gasteiger partial charge in [0.25, 0.3) is 6.43 Å². The third kappa shape index (κ3) is 1.81. The van der Waals surface area contributed by atoms with Crippen LogP contribution < -0.4 is 5.73 Å². The highest BCUT2D eigenvalue weighted by molar-refractivity contribution is 5.91. The van der Waals surface area contributed by atoms with Gasteiger partial charge in [-0.1, -0.05) is 0 Å². The van der Waals surface area contributed by atoms with Crippen LogP contribution in [0, 0.1) is 6.92 Å². The number of anilines is 1. The van der Waals surface area contributed by atoms with Crippen LogP contribution in [-0.4, -0.2) is 11.1 Å². The predicted octanol–water partition coefficient (Wildman–Crippen LogP) is 2.21. The average Bonchev–Trinajstić information content (AvgIpc) is 2.07. The molecule has 76 valence electrons. The van der Waals surface area contributed by atoms with E-state index in [4.69, 9.17) is 10.8 Å². The number of benzene rings is 1. The minimum atomic E-state index is -2.71. The minimum absolute atomic E-state index is 0.0308. The van der Waals surface area contributed by atoms with E-state index < -0.39 is 12.4 Å². The minimum Gasteiger partial charge on any atom is -0.478 e. The van der Waals surface area contributed by atoms with Gasteiger partial charge in [-0.2, -0.15) is 0 Å². The first kappa shape index (κ1) is 10.4. The summed E-state index contributed by atoms with van der Waals surface area (Å²) >= 11 is 0. The Kier molecular flexibility index (Phi) is 2.69. The Morgan fingerprint density at radius 1 is 1.50 bits per heavy atom. The van der Waals surface area contributed by atoms with Crippen molar-refractivity contribution < 1.29 is 18.7 Å². The normalized spacial score (nSPS) is 10.6.